The van der Waals surface area contributed by atoms with Gasteiger partial charge in [-0.3, -0.25) is 4.79 Å². The number of benzene rings is 2. The molecular weight excluding hydrogens is 408 g/mol. The molecule has 1 N–H and O–H groups in total. The molecule has 4 aromatic rings. The van der Waals surface area contributed by atoms with Crippen molar-refractivity contribution in [3.05, 3.63) is 58.7 Å². The van der Waals surface area contributed by atoms with Gasteiger partial charge in [0.1, 0.15) is 0 Å². The van der Waals surface area contributed by atoms with E-state index in [1.165, 1.54) is 21.4 Å². The molecule has 0 spiro atoms. The Morgan fingerprint density at radius 3 is 2.78 bits per heavy atom. The van der Waals surface area contributed by atoms with Crippen LogP contribution in [0.4, 0.5) is 0 Å². The van der Waals surface area contributed by atoms with Crippen molar-refractivity contribution in [3.8, 4) is 0 Å². The molecule has 9 heteroatoms. The summed E-state index contributed by atoms with van der Waals surface area (Å²) < 4.78 is 28.8. The fraction of sp³-hybridized carbons (Fsp3) is 0.111. The van der Waals surface area contributed by atoms with E-state index in [2.05, 4.69) is 4.98 Å². The Morgan fingerprint density at radius 1 is 1.19 bits per heavy atom. The lowest BCUT2D eigenvalue weighted by atomic mass is 10.2. The molecule has 2 aromatic heterocycles. The van der Waals surface area contributed by atoms with Gasteiger partial charge >= 0.3 is 5.97 Å². The Morgan fingerprint density at radius 2 is 2.00 bits per heavy atom. The van der Waals surface area contributed by atoms with E-state index in [9.17, 15) is 13.2 Å². The molecule has 0 atom stereocenters. The number of hydrogen-bond acceptors (Lipinski definition) is 5. The summed E-state index contributed by atoms with van der Waals surface area (Å²) >= 11 is 7.39. The van der Waals surface area contributed by atoms with E-state index in [0.717, 1.165) is 10.2 Å². The van der Waals surface area contributed by atoms with Crippen LogP contribution in [0.2, 0.25) is 5.02 Å². The van der Waals surface area contributed by atoms with Crippen molar-refractivity contribution in [3.63, 3.8) is 0 Å². The van der Waals surface area contributed by atoms with Crippen molar-refractivity contribution in [1.82, 2.24) is 8.96 Å². The van der Waals surface area contributed by atoms with E-state index in [-0.39, 0.29) is 17.7 Å². The van der Waals surface area contributed by atoms with Crippen LogP contribution in [-0.4, -0.2) is 28.5 Å². The monoisotopic (exact) mass is 420 g/mol. The number of nitrogens with zero attached hydrogens (tertiary/aromatic N) is 2. The summed E-state index contributed by atoms with van der Waals surface area (Å²) in [6.45, 7) is 0. The lowest BCUT2D eigenvalue weighted by molar-refractivity contribution is -0.136. The first-order chi connectivity index (χ1) is 12.9. The lowest BCUT2D eigenvalue weighted by Gasteiger charge is -2.12. The van der Waals surface area contributed by atoms with Crippen LogP contribution in [0.5, 0.6) is 0 Å². The molecule has 0 radical (unpaired) electrons. The van der Waals surface area contributed by atoms with Gasteiger partial charge in [-0.05, 0) is 48.9 Å². The summed E-state index contributed by atoms with van der Waals surface area (Å²) in [6.07, 6.45) is -0.0862. The number of carboxylic acid groups (broad SMARTS) is 1. The van der Waals surface area contributed by atoms with Gasteiger partial charge in [-0.25, -0.2) is 17.4 Å². The van der Waals surface area contributed by atoms with Gasteiger partial charge in [-0.2, -0.15) is 0 Å². The predicted octanol–water partition coefficient (Wildman–Crippen LogP) is 4.16. The minimum Gasteiger partial charge on any atom is -0.481 e. The fourth-order valence-corrected chi connectivity index (χ4v) is 5.58. The number of fused-ring (bicyclic) bond motifs is 2. The smallest absolute Gasteiger partial charge is 0.303 e. The Labute approximate surface area is 163 Å². The molecule has 6 nitrogen and oxygen atoms in total. The number of carboxylic acids is 1. The van der Waals surface area contributed by atoms with Crippen LogP contribution in [0.15, 0.2) is 52.9 Å². The Bertz CT molecular complexity index is 1290. The molecule has 2 heterocycles. The minimum atomic E-state index is -3.92. The van der Waals surface area contributed by atoms with Crippen molar-refractivity contribution in [2.75, 3.05) is 0 Å². The molecule has 0 unspecified atom stereocenters. The van der Waals surface area contributed by atoms with Crippen LogP contribution in [0.3, 0.4) is 0 Å². The Hall–Kier alpha value is -2.42. The average molecular weight is 421 g/mol. The van der Waals surface area contributed by atoms with Crippen molar-refractivity contribution in [2.45, 2.75) is 17.7 Å². The van der Waals surface area contributed by atoms with Gasteiger partial charge in [0, 0.05) is 16.1 Å². The van der Waals surface area contributed by atoms with Gasteiger partial charge in [-0.15, -0.1) is 11.3 Å². The highest BCUT2D eigenvalue weighted by atomic mass is 35.5. The second-order valence-electron chi connectivity index (χ2n) is 5.98. The summed E-state index contributed by atoms with van der Waals surface area (Å²) in [4.78, 5) is 15.3. The van der Waals surface area contributed by atoms with E-state index in [0.29, 0.717) is 21.6 Å². The first-order valence-electron chi connectivity index (χ1n) is 7.97. The third-order valence-electron chi connectivity index (χ3n) is 4.23. The maximum Gasteiger partial charge on any atom is 0.303 e. The van der Waals surface area contributed by atoms with Crippen molar-refractivity contribution in [2.24, 2.45) is 0 Å². The van der Waals surface area contributed by atoms with Gasteiger partial charge < -0.3 is 5.11 Å². The van der Waals surface area contributed by atoms with E-state index < -0.39 is 16.0 Å². The molecule has 0 bridgehead atoms. The number of rotatable bonds is 5. The normalized spacial score (nSPS) is 12.0. The summed E-state index contributed by atoms with van der Waals surface area (Å²) in [5.41, 5.74) is 3.25. The first-order valence-corrected chi connectivity index (χ1v) is 10.7. The zero-order valence-electron chi connectivity index (χ0n) is 13.8. The summed E-state index contributed by atoms with van der Waals surface area (Å²) in [5.74, 6) is -0.992. The van der Waals surface area contributed by atoms with Crippen LogP contribution in [-0.2, 0) is 21.2 Å². The quantitative estimate of drug-likeness (QED) is 0.523. The lowest BCUT2D eigenvalue weighted by Crippen LogP contribution is -2.16. The van der Waals surface area contributed by atoms with E-state index in [1.807, 2.05) is 0 Å². The first kappa shape index (κ1) is 18.0. The Kier molecular flexibility index (Phi) is 4.41. The number of aryl methyl sites for hydroxylation is 1. The molecule has 0 fully saturated rings. The molecule has 0 saturated carbocycles. The number of hydrogen-bond donors (Lipinski definition) is 1. The topological polar surface area (TPSA) is 89.3 Å². The van der Waals surface area contributed by atoms with E-state index in [1.54, 1.807) is 41.9 Å². The SMILES string of the molecule is O=C(O)CCc1cc2cc(Cl)ccc2n1S(=O)(=O)c1ccc2ncsc2c1. The van der Waals surface area contributed by atoms with Gasteiger partial charge in [0.05, 0.1) is 32.6 Å². The largest absolute Gasteiger partial charge is 0.481 e. The van der Waals surface area contributed by atoms with Gasteiger partial charge in [-0.1, -0.05) is 11.6 Å². The van der Waals surface area contributed by atoms with Gasteiger partial charge in [0.2, 0.25) is 0 Å². The molecule has 0 aliphatic heterocycles. The number of halogens is 1. The molecular formula is C18H13ClN2O4S2. The summed E-state index contributed by atoms with van der Waals surface area (Å²) in [5, 5.41) is 10.1. The molecule has 0 aliphatic rings. The number of thiazole rings is 1. The predicted molar refractivity (Wildman–Crippen MR) is 105 cm³/mol. The second kappa shape index (κ2) is 6.63. The average Bonchev–Trinajstić information content (AvgIpc) is 3.22. The van der Waals surface area contributed by atoms with Crippen LogP contribution in [0.1, 0.15) is 12.1 Å². The van der Waals surface area contributed by atoms with Crippen LogP contribution < -0.4 is 0 Å². The summed E-state index contributed by atoms with van der Waals surface area (Å²) in [7, 11) is -3.92. The van der Waals surface area contributed by atoms with Crippen molar-refractivity contribution < 1.29 is 18.3 Å². The maximum absolute atomic E-state index is 13.4. The highest BCUT2D eigenvalue weighted by molar-refractivity contribution is 7.90. The fourth-order valence-electron chi connectivity index (χ4n) is 3.01. The molecule has 138 valence electrons. The van der Waals surface area contributed by atoms with Crippen LogP contribution in [0, 0.1) is 0 Å². The van der Waals surface area contributed by atoms with Gasteiger partial charge in [0.15, 0.2) is 0 Å². The third kappa shape index (κ3) is 3.20. The molecule has 4 rings (SSSR count). The number of aromatic nitrogens is 2. The summed E-state index contributed by atoms with van der Waals surface area (Å²) in [6, 6.07) is 11.4. The zero-order chi connectivity index (χ0) is 19.2. The molecule has 0 aliphatic carbocycles. The zero-order valence-corrected chi connectivity index (χ0v) is 16.2. The van der Waals surface area contributed by atoms with E-state index in [4.69, 9.17) is 16.7 Å². The van der Waals surface area contributed by atoms with Crippen LogP contribution >= 0.6 is 22.9 Å². The van der Waals surface area contributed by atoms with Crippen LogP contribution in [0.25, 0.3) is 21.1 Å². The highest BCUT2D eigenvalue weighted by Crippen LogP contribution is 2.30. The minimum absolute atomic E-state index is 0.0870. The third-order valence-corrected chi connectivity index (χ3v) is 7.02. The standard InChI is InChI=1S/C18H13ClN2O4S2/c19-12-1-5-16-11(7-12)8-13(2-6-18(22)23)21(16)27(24,25)14-3-4-15-17(9-14)26-10-20-15/h1,3-5,7-10H,2,6H2,(H,22,23). The molecule has 2 aromatic carbocycles. The second-order valence-corrected chi connectivity index (χ2v) is 9.09. The van der Waals surface area contributed by atoms with Gasteiger partial charge in [0.25, 0.3) is 10.0 Å². The highest BCUT2D eigenvalue weighted by Gasteiger charge is 2.24. The maximum atomic E-state index is 13.4. The Balaban J connectivity index is 1.94. The van der Waals surface area contributed by atoms with Crippen molar-refractivity contribution >= 4 is 60.0 Å². The molecule has 0 saturated heterocycles. The van der Waals surface area contributed by atoms with E-state index >= 15 is 0 Å². The molecule has 0 amide bonds. The molecule has 27 heavy (non-hydrogen) atoms. The number of carbonyl (C=O) groups is 1. The van der Waals surface area contributed by atoms with Crippen molar-refractivity contribution in [1.29, 1.82) is 0 Å². The number of aliphatic carboxylic acids is 1.